The summed E-state index contributed by atoms with van der Waals surface area (Å²) >= 11 is 1.31. The van der Waals surface area contributed by atoms with Crippen LogP contribution in [0.15, 0.2) is 82.7 Å². The third-order valence-electron chi connectivity index (χ3n) is 4.55. The fourth-order valence-corrected chi connectivity index (χ4v) is 3.64. The molecule has 1 atom stereocenters. The average Bonchev–Trinajstić information content (AvgIpc) is 3.50. The van der Waals surface area contributed by atoms with Gasteiger partial charge in [-0.05, 0) is 36.6 Å². The van der Waals surface area contributed by atoms with Crippen LogP contribution in [0.2, 0.25) is 0 Å². The Balaban J connectivity index is 1.52. The first-order chi connectivity index (χ1) is 16.0. The summed E-state index contributed by atoms with van der Waals surface area (Å²) in [7, 11) is 0. The van der Waals surface area contributed by atoms with Crippen molar-refractivity contribution in [2.75, 3.05) is 10.6 Å². The molecule has 4 aromatic rings. The van der Waals surface area contributed by atoms with Gasteiger partial charge >= 0.3 is 5.97 Å². The van der Waals surface area contributed by atoms with Gasteiger partial charge in [-0.1, -0.05) is 47.6 Å². The van der Waals surface area contributed by atoms with Crippen molar-refractivity contribution >= 4 is 40.6 Å². The summed E-state index contributed by atoms with van der Waals surface area (Å²) in [6, 6.07) is 20.0. The third-order valence-corrected chi connectivity index (χ3v) is 5.41. The molecule has 9 heteroatoms. The summed E-state index contributed by atoms with van der Waals surface area (Å²) in [6.07, 6.45) is -1.22. The number of ether oxygens (including phenoxy) is 1. The number of nitrogens with one attached hydrogen (secondary N) is 2. The fourth-order valence-electron chi connectivity index (χ4n) is 3.02. The van der Waals surface area contributed by atoms with Gasteiger partial charge in [0.2, 0.25) is 6.10 Å². The Morgan fingerprint density at radius 1 is 0.970 bits per heavy atom. The Morgan fingerprint density at radius 3 is 2.48 bits per heavy atom. The van der Waals surface area contributed by atoms with Gasteiger partial charge in [0.25, 0.3) is 11.8 Å². The normalized spacial score (nSPS) is 11.4. The van der Waals surface area contributed by atoms with Gasteiger partial charge in [-0.25, -0.2) is 4.79 Å². The highest BCUT2D eigenvalue weighted by molar-refractivity contribution is 7.12. The molecule has 33 heavy (non-hydrogen) atoms. The number of carbonyl (C=O) groups excluding carboxylic acids is 3. The first-order valence-electron chi connectivity index (χ1n) is 9.94. The second-order valence-electron chi connectivity index (χ2n) is 7.02. The van der Waals surface area contributed by atoms with E-state index in [-0.39, 0.29) is 17.3 Å². The quantitative estimate of drug-likeness (QED) is 0.381. The number of amides is 2. The van der Waals surface area contributed by atoms with E-state index < -0.39 is 18.0 Å². The molecule has 0 saturated carbocycles. The molecular formula is C24H19N3O5S. The number of aromatic nitrogens is 1. The minimum absolute atomic E-state index is 0.185. The highest BCUT2D eigenvalue weighted by Crippen LogP contribution is 2.23. The van der Waals surface area contributed by atoms with Crippen LogP contribution in [0.1, 0.15) is 37.5 Å². The van der Waals surface area contributed by atoms with Gasteiger partial charge < -0.3 is 19.9 Å². The number of esters is 1. The van der Waals surface area contributed by atoms with Crippen molar-refractivity contribution in [2.45, 2.75) is 13.0 Å². The molecule has 2 heterocycles. The zero-order chi connectivity index (χ0) is 23.2. The van der Waals surface area contributed by atoms with Crippen LogP contribution in [0.5, 0.6) is 0 Å². The number of thiophene rings is 1. The van der Waals surface area contributed by atoms with E-state index in [2.05, 4.69) is 15.8 Å². The lowest BCUT2D eigenvalue weighted by molar-refractivity contribution is -0.125. The lowest BCUT2D eigenvalue weighted by Crippen LogP contribution is -2.26. The van der Waals surface area contributed by atoms with Gasteiger partial charge in [-0.2, -0.15) is 0 Å². The summed E-state index contributed by atoms with van der Waals surface area (Å²) in [4.78, 5) is 38.7. The summed E-state index contributed by atoms with van der Waals surface area (Å²) in [5, 5.41) is 10.9. The van der Waals surface area contributed by atoms with E-state index in [1.807, 2.05) is 0 Å². The van der Waals surface area contributed by atoms with Crippen LogP contribution in [0.25, 0.3) is 0 Å². The maximum absolute atomic E-state index is 12.9. The molecule has 2 N–H and O–H groups in total. The highest BCUT2D eigenvalue weighted by atomic mass is 32.1. The minimum atomic E-state index is -1.22. The first-order valence-corrected chi connectivity index (χ1v) is 10.8. The first kappa shape index (κ1) is 22.0. The molecule has 4 rings (SSSR count). The Labute approximate surface area is 193 Å². The molecule has 0 spiro atoms. The number of aryl methyl sites for hydroxylation is 1. The molecule has 0 saturated heterocycles. The second-order valence-corrected chi connectivity index (χ2v) is 7.97. The zero-order valence-corrected chi connectivity index (χ0v) is 18.3. The van der Waals surface area contributed by atoms with Crippen molar-refractivity contribution in [1.82, 2.24) is 5.16 Å². The van der Waals surface area contributed by atoms with E-state index in [1.165, 1.54) is 17.4 Å². The minimum Gasteiger partial charge on any atom is -0.444 e. The predicted molar refractivity (Wildman–Crippen MR) is 123 cm³/mol. The Morgan fingerprint density at radius 2 is 1.79 bits per heavy atom. The van der Waals surface area contributed by atoms with Gasteiger partial charge in [0.05, 0.1) is 10.4 Å². The smallest absolute Gasteiger partial charge is 0.339 e. The number of hydrogen-bond acceptors (Lipinski definition) is 7. The summed E-state index contributed by atoms with van der Waals surface area (Å²) < 4.78 is 10.5. The molecule has 8 nitrogen and oxygen atoms in total. The average molecular weight is 461 g/mol. The van der Waals surface area contributed by atoms with Crippen molar-refractivity contribution < 1.29 is 23.6 Å². The maximum atomic E-state index is 12.9. The molecular weight excluding hydrogens is 442 g/mol. The van der Waals surface area contributed by atoms with Gasteiger partial charge in [0.1, 0.15) is 5.76 Å². The van der Waals surface area contributed by atoms with Crippen LogP contribution >= 0.6 is 11.3 Å². The SMILES string of the molecule is Cc1cc(NC(=O)C(OC(=O)c2cccc(NC(=O)c3cccs3)c2)c2ccccc2)no1. The van der Waals surface area contributed by atoms with E-state index >= 15 is 0 Å². The molecule has 0 radical (unpaired) electrons. The molecule has 0 aliphatic rings. The Hall–Kier alpha value is -4.24. The van der Waals surface area contributed by atoms with Crippen LogP contribution in [0.3, 0.4) is 0 Å². The van der Waals surface area contributed by atoms with Crippen molar-refractivity contribution in [3.05, 3.63) is 99.9 Å². The van der Waals surface area contributed by atoms with Crippen molar-refractivity contribution in [3.63, 3.8) is 0 Å². The van der Waals surface area contributed by atoms with Crippen LogP contribution in [0.4, 0.5) is 11.5 Å². The van der Waals surface area contributed by atoms with Crippen LogP contribution in [-0.4, -0.2) is 22.9 Å². The molecule has 0 aliphatic heterocycles. The van der Waals surface area contributed by atoms with Crippen molar-refractivity contribution in [1.29, 1.82) is 0 Å². The lowest BCUT2D eigenvalue weighted by atomic mass is 10.1. The standard InChI is InChI=1S/C24H19N3O5S/c1-15-13-20(27-32-15)26-23(29)21(16-7-3-2-4-8-16)31-24(30)17-9-5-10-18(14-17)25-22(28)19-11-6-12-33-19/h2-14,21H,1H3,(H,25,28)(H,26,27,29). The summed E-state index contributed by atoms with van der Waals surface area (Å²) in [6.45, 7) is 1.70. The summed E-state index contributed by atoms with van der Waals surface area (Å²) in [5.41, 5.74) is 1.11. The van der Waals surface area contributed by atoms with E-state index in [9.17, 15) is 14.4 Å². The van der Waals surface area contributed by atoms with Crippen LogP contribution in [0, 0.1) is 6.92 Å². The Kier molecular flexibility index (Phi) is 6.61. The van der Waals surface area contributed by atoms with E-state index in [1.54, 1.807) is 79.0 Å². The van der Waals surface area contributed by atoms with Gasteiger partial charge in [0.15, 0.2) is 5.82 Å². The number of benzene rings is 2. The topological polar surface area (TPSA) is 111 Å². The molecule has 2 aromatic heterocycles. The molecule has 0 aliphatic carbocycles. The second kappa shape index (κ2) is 9.92. The number of hydrogen-bond donors (Lipinski definition) is 2. The maximum Gasteiger partial charge on any atom is 0.339 e. The number of anilines is 2. The van der Waals surface area contributed by atoms with Gasteiger partial charge in [-0.15, -0.1) is 11.3 Å². The molecule has 0 fully saturated rings. The van der Waals surface area contributed by atoms with E-state index in [0.717, 1.165) is 0 Å². The molecule has 1 unspecified atom stereocenters. The van der Waals surface area contributed by atoms with Gasteiger partial charge in [0, 0.05) is 17.3 Å². The molecule has 166 valence electrons. The molecule has 2 amide bonds. The third kappa shape index (κ3) is 5.52. The van der Waals surface area contributed by atoms with Crippen molar-refractivity contribution in [2.24, 2.45) is 0 Å². The molecule has 0 bridgehead atoms. The molecule has 2 aromatic carbocycles. The lowest BCUT2D eigenvalue weighted by Gasteiger charge is -2.17. The monoisotopic (exact) mass is 461 g/mol. The largest absolute Gasteiger partial charge is 0.444 e. The Bertz CT molecular complexity index is 1270. The van der Waals surface area contributed by atoms with Crippen LogP contribution in [-0.2, 0) is 9.53 Å². The number of rotatable bonds is 7. The number of nitrogens with zero attached hydrogens (tertiary/aromatic N) is 1. The fraction of sp³-hybridized carbons (Fsp3) is 0.0833. The predicted octanol–water partition coefficient (Wildman–Crippen LogP) is 4.83. The van der Waals surface area contributed by atoms with E-state index in [0.29, 0.717) is 21.9 Å². The van der Waals surface area contributed by atoms with Gasteiger partial charge in [-0.3, -0.25) is 9.59 Å². The van der Waals surface area contributed by atoms with Crippen LogP contribution < -0.4 is 10.6 Å². The highest BCUT2D eigenvalue weighted by Gasteiger charge is 2.26. The number of carbonyl (C=O) groups is 3. The van der Waals surface area contributed by atoms with Crippen molar-refractivity contribution in [3.8, 4) is 0 Å². The van der Waals surface area contributed by atoms with E-state index in [4.69, 9.17) is 9.26 Å². The zero-order valence-electron chi connectivity index (χ0n) is 17.5. The summed E-state index contributed by atoms with van der Waals surface area (Å²) in [5.74, 6) is -0.833.